The predicted molar refractivity (Wildman–Crippen MR) is 62.7 cm³/mol. The van der Waals surface area contributed by atoms with Gasteiger partial charge in [0.2, 0.25) is 0 Å². The topological polar surface area (TPSA) is 62.2 Å². The molecule has 0 spiro atoms. The fraction of sp³-hybridized carbons (Fsp3) is 0.273. The number of halogens is 1. The molecule has 0 bridgehead atoms. The lowest BCUT2D eigenvalue weighted by Gasteiger charge is -2.13. The van der Waals surface area contributed by atoms with Crippen LogP contribution in [0.15, 0.2) is 12.3 Å². The van der Waals surface area contributed by atoms with Crippen molar-refractivity contribution < 1.29 is 9.90 Å². The lowest BCUT2D eigenvalue weighted by molar-refractivity contribution is 0.0697. The van der Waals surface area contributed by atoms with Gasteiger partial charge in [0.25, 0.3) is 0 Å². The summed E-state index contributed by atoms with van der Waals surface area (Å²) in [6, 6.07) is 1.30. The summed E-state index contributed by atoms with van der Waals surface area (Å²) in [5.74, 6) is 1.68. The smallest absolute Gasteiger partial charge is 0.339 e. The number of nitrogens with one attached hydrogen (secondary N) is 1. The Bertz CT molecular complexity index is 440. The highest BCUT2D eigenvalue weighted by molar-refractivity contribution is 6.30. The molecule has 0 saturated carbocycles. The maximum Gasteiger partial charge on any atom is 0.339 e. The second-order valence-electron chi connectivity index (χ2n) is 3.31. The van der Waals surface area contributed by atoms with Crippen LogP contribution in [0.5, 0.6) is 0 Å². The summed E-state index contributed by atoms with van der Waals surface area (Å²) < 4.78 is 0. The number of hydrogen-bond acceptors (Lipinski definition) is 3. The van der Waals surface area contributed by atoms with E-state index < -0.39 is 5.97 Å². The first-order chi connectivity index (χ1) is 7.54. The van der Waals surface area contributed by atoms with Gasteiger partial charge in [0.15, 0.2) is 0 Å². The van der Waals surface area contributed by atoms with Crippen LogP contribution in [0.2, 0.25) is 5.02 Å². The minimum absolute atomic E-state index is 0.0383. The number of carbonyl (C=O) groups is 1. The average molecular weight is 239 g/mol. The zero-order chi connectivity index (χ0) is 12.1. The van der Waals surface area contributed by atoms with Crippen LogP contribution in [0.3, 0.4) is 0 Å². The van der Waals surface area contributed by atoms with Crippen LogP contribution < -0.4 is 5.32 Å². The molecule has 4 nitrogen and oxygen atoms in total. The third-order valence-electron chi connectivity index (χ3n) is 1.89. The summed E-state index contributed by atoms with van der Waals surface area (Å²) in [6.45, 7) is 1.85. The lowest BCUT2D eigenvalue weighted by Crippen LogP contribution is -2.17. The molecule has 0 aliphatic carbocycles. The van der Waals surface area contributed by atoms with Gasteiger partial charge in [0.1, 0.15) is 11.4 Å². The summed E-state index contributed by atoms with van der Waals surface area (Å²) in [5.41, 5.74) is 0.0383. The van der Waals surface area contributed by atoms with E-state index in [9.17, 15) is 4.79 Å². The van der Waals surface area contributed by atoms with Crippen LogP contribution in [-0.2, 0) is 0 Å². The van der Waals surface area contributed by atoms with E-state index in [1.165, 1.54) is 12.3 Å². The van der Waals surface area contributed by atoms with E-state index in [1.54, 1.807) is 0 Å². The molecule has 0 fully saturated rings. The van der Waals surface area contributed by atoms with E-state index in [2.05, 4.69) is 16.2 Å². The molecule has 5 heteroatoms. The number of aromatic carboxylic acids is 1. The quantitative estimate of drug-likeness (QED) is 0.790. The van der Waals surface area contributed by atoms with Crippen molar-refractivity contribution in [1.29, 1.82) is 0 Å². The molecule has 1 aromatic rings. The Hall–Kier alpha value is -1.73. The van der Waals surface area contributed by atoms with Gasteiger partial charge in [0.05, 0.1) is 5.02 Å². The Morgan fingerprint density at radius 2 is 2.50 bits per heavy atom. The maximum atomic E-state index is 10.9. The third-order valence-corrected chi connectivity index (χ3v) is 2.10. The summed E-state index contributed by atoms with van der Waals surface area (Å²) >= 11 is 5.67. The molecule has 1 heterocycles. The van der Waals surface area contributed by atoms with Crippen molar-refractivity contribution in [2.45, 2.75) is 19.4 Å². The van der Waals surface area contributed by atoms with Crippen LogP contribution in [0.4, 0.5) is 5.82 Å². The number of rotatable bonds is 4. The van der Waals surface area contributed by atoms with Gasteiger partial charge in [-0.15, -0.1) is 12.3 Å². The van der Waals surface area contributed by atoms with Crippen LogP contribution in [0.25, 0.3) is 0 Å². The molecule has 0 aliphatic rings. The van der Waals surface area contributed by atoms with Gasteiger partial charge < -0.3 is 10.4 Å². The summed E-state index contributed by atoms with van der Waals surface area (Å²) in [4.78, 5) is 14.9. The molecule has 0 radical (unpaired) electrons. The summed E-state index contributed by atoms with van der Waals surface area (Å²) in [5, 5.41) is 12.2. The molecule has 0 saturated heterocycles. The van der Waals surface area contributed by atoms with E-state index in [0.717, 1.165) is 0 Å². The molecule has 1 rings (SSSR count). The van der Waals surface area contributed by atoms with Gasteiger partial charge >= 0.3 is 5.97 Å². The highest BCUT2D eigenvalue weighted by Gasteiger charge is 2.13. The highest BCUT2D eigenvalue weighted by atomic mass is 35.5. The van der Waals surface area contributed by atoms with Crippen molar-refractivity contribution in [2.75, 3.05) is 5.32 Å². The van der Waals surface area contributed by atoms with Crippen molar-refractivity contribution in [3.8, 4) is 12.3 Å². The van der Waals surface area contributed by atoms with Gasteiger partial charge in [0, 0.05) is 18.7 Å². The van der Waals surface area contributed by atoms with Gasteiger partial charge in [-0.3, -0.25) is 0 Å². The number of nitrogens with zero attached hydrogens (tertiary/aromatic N) is 1. The van der Waals surface area contributed by atoms with E-state index in [4.69, 9.17) is 23.1 Å². The fourth-order valence-electron chi connectivity index (χ4n) is 1.18. The summed E-state index contributed by atoms with van der Waals surface area (Å²) in [6.07, 6.45) is 7.03. The van der Waals surface area contributed by atoms with E-state index in [0.29, 0.717) is 6.42 Å². The van der Waals surface area contributed by atoms with Crippen molar-refractivity contribution >= 4 is 23.4 Å². The molecular weight excluding hydrogens is 228 g/mol. The Labute approximate surface area is 98.6 Å². The Morgan fingerprint density at radius 3 is 3.06 bits per heavy atom. The van der Waals surface area contributed by atoms with Gasteiger partial charge in [-0.2, -0.15) is 0 Å². The van der Waals surface area contributed by atoms with Crippen molar-refractivity contribution in [3.63, 3.8) is 0 Å². The van der Waals surface area contributed by atoms with Crippen LogP contribution in [0, 0.1) is 12.3 Å². The number of pyridine rings is 1. The molecule has 0 aromatic carbocycles. The number of carboxylic acids is 1. The lowest BCUT2D eigenvalue weighted by atomic mass is 10.2. The monoisotopic (exact) mass is 238 g/mol. The zero-order valence-corrected chi connectivity index (χ0v) is 9.45. The Kier molecular flexibility index (Phi) is 4.15. The molecular formula is C11H11ClN2O2. The summed E-state index contributed by atoms with van der Waals surface area (Å²) in [7, 11) is 0. The molecule has 84 valence electrons. The van der Waals surface area contributed by atoms with Gasteiger partial charge in [-0.1, -0.05) is 11.6 Å². The number of aromatic nitrogens is 1. The van der Waals surface area contributed by atoms with E-state index in [1.807, 2.05) is 6.92 Å². The highest BCUT2D eigenvalue weighted by Crippen LogP contribution is 2.18. The number of anilines is 1. The van der Waals surface area contributed by atoms with E-state index >= 15 is 0 Å². The first-order valence-corrected chi connectivity index (χ1v) is 5.01. The number of carboxylic acid groups (broad SMARTS) is 1. The van der Waals surface area contributed by atoms with Crippen LogP contribution in [0.1, 0.15) is 23.7 Å². The predicted octanol–water partition coefficient (Wildman–Crippen LogP) is 2.26. The first kappa shape index (κ1) is 12.3. The Balaban J connectivity index is 2.96. The fourth-order valence-corrected chi connectivity index (χ4v) is 1.34. The Morgan fingerprint density at radius 1 is 1.81 bits per heavy atom. The average Bonchev–Trinajstić information content (AvgIpc) is 2.20. The molecule has 0 amide bonds. The van der Waals surface area contributed by atoms with Crippen molar-refractivity contribution in [2.24, 2.45) is 0 Å². The largest absolute Gasteiger partial charge is 0.478 e. The molecule has 1 aromatic heterocycles. The van der Waals surface area contributed by atoms with Crippen LogP contribution >= 0.6 is 11.6 Å². The molecule has 1 atom stereocenters. The third kappa shape index (κ3) is 3.14. The molecule has 2 N–H and O–H groups in total. The van der Waals surface area contributed by atoms with E-state index in [-0.39, 0.29) is 22.4 Å². The standard InChI is InChI=1S/C11H11ClN2O2/c1-3-4-7(2)14-10-9(11(15)16)5-8(12)6-13-10/h1,5-7H,4H2,2H3,(H,13,14)(H,15,16). The van der Waals surface area contributed by atoms with Crippen molar-refractivity contribution in [3.05, 3.63) is 22.8 Å². The normalized spacial score (nSPS) is 11.6. The first-order valence-electron chi connectivity index (χ1n) is 4.63. The second-order valence-corrected chi connectivity index (χ2v) is 3.74. The number of terminal acetylenes is 1. The minimum Gasteiger partial charge on any atom is -0.478 e. The second kappa shape index (κ2) is 5.38. The minimum atomic E-state index is -1.08. The zero-order valence-electron chi connectivity index (χ0n) is 8.70. The van der Waals surface area contributed by atoms with Gasteiger partial charge in [-0.25, -0.2) is 9.78 Å². The van der Waals surface area contributed by atoms with Crippen LogP contribution in [-0.4, -0.2) is 22.1 Å². The maximum absolute atomic E-state index is 10.9. The number of hydrogen-bond donors (Lipinski definition) is 2. The SMILES string of the molecule is C#CCC(C)Nc1ncc(Cl)cc1C(=O)O. The molecule has 1 unspecified atom stereocenters. The van der Waals surface area contributed by atoms with Gasteiger partial charge in [-0.05, 0) is 13.0 Å². The molecule has 16 heavy (non-hydrogen) atoms. The van der Waals surface area contributed by atoms with Crippen molar-refractivity contribution in [1.82, 2.24) is 4.98 Å². The molecule has 0 aliphatic heterocycles.